The SMILES string of the molecule is CCn1c2ccccc2c2c(-c3cccc(-c4ccccc4N(c4ccccc4)c4ccc5c(ccc6ccccc65)c4)c3)cccc21. The molecule has 0 unspecified atom stereocenters. The molecule has 9 aromatic rings. The first-order chi connectivity index (χ1) is 23.8. The van der Waals surface area contributed by atoms with Crippen LogP contribution in [0.15, 0.2) is 176 Å². The fourth-order valence-electron chi connectivity index (χ4n) is 7.59. The van der Waals surface area contributed by atoms with Gasteiger partial charge in [0, 0.05) is 45.3 Å². The van der Waals surface area contributed by atoms with E-state index in [0.717, 1.165) is 23.6 Å². The van der Waals surface area contributed by atoms with E-state index in [-0.39, 0.29) is 0 Å². The highest BCUT2D eigenvalue weighted by Gasteiger charge is 2.19. The topological polar surface area (TPSA) is 8.17 Å². The molecule has 8 aromatic carbocycles. The van der Waals surface area contributed by atoms with Gasteiger partial charge in [-0.2, -0.15) is 0 Å². The molecule has 0 aliphatic carbocycles. The van der Waals surface area contributed by atoms with Crippen molar-refractivity contribution >= 4 is 60.4 Å². The average molecular weight is 615 g/mol. The molecule has 0 bridgehead atoms. The first kappa shape index (κ1) is 28.1. The molecule has 1 aromatic heterocycles. The highest BCUT2D eigenvalue weighted by molar-refractivity contribution is 6.15. The van der Waals surface area contributed by atoms with Gasteiger partial charge in [0.1, 0.15) is 0 Å². The summed E-state index contributed by atoms with van der Waals surface area (Å²) in [4.78, 5) is 2.40. The van der Waals surface area contributed by atoms with E-state index in [0.29, 0.717) is 0 Å². The van der Waals surface area contributed by atoms with E-state index in [2.05, 4.69) is 192 Å². The number of hydrogen-bond acceptors (Lipinski definition) is 1. The van der Waals surface area contributed by atoms with Crippen molar-refractivity contribution in [3.63, 3.8) is 0 Å². The summed E-state index contributed by atoms with van der Waals surface area (Å²) in [6.07, 6.45) is 0. The lowest BCUT2D eigenvalue weighted by Crippen LogP contribution is -2.11. The van der Waals surface area contributed by atoms with Crippen molar-refractivity contribution < 1.29 is 0 Å². The van der Waals surface area contributed by atoms with Crippen molar-refractivity contribution in [1.29, 1.82) is 0 Å². The maximum atomic E-state index is 2.43. The molecular formula is C46H34N2. The van der Waals surface area contributed by atoms with E-state index >= 15 is 0 Å². The van der Waals surface area contributed by atoms with Crippen molar-refractivity contribution in [2.45, 2.75) is 13.5 Å². The summed E-state index contributed by atoms with van der Waals surface area (Å²) in [6.45, 7) is 3.16. The van der Waals surface area contributed by atoms with Crippen molar-refractivity contribution in [2.24, 2.45) is 0 Å². The second-order valence-electron chi connectivity index (χ2n) is 12.4. The molecule has 0 aliphatic rings. The van der Waals surface area contributed by atoms with Gasteiger partial charge in [0.05, 0.1) is 5.69 Å². The standard InChI is InChI=1S/C46H34N2/c1-2-47-43-23-10-9-21-42(43)46-41(22-13-25-45(46)47)34-16-12-15-33(30-34)40-20-8-11-24-44(40)48(36-17-4-3-5-18-36)37-28-29-39-35(31-37)27-26-32-14-6-7-19-38(32)39/h3-31H,2H2,1H3. The molecule has 228 valence electrons. The second kappa shape index (κ2) is 11.6. The number of aryl methyl sites for hydroxylation is 1. The van der Waals surface area contributed by atoms with Crippen molar-refractivity contribution in [2.75, 3.05) is 4.90 Å². The van der Waals surface area contributed by atoms with Crippen molar-refractivity contribution in [3.05, 3.63) is 176 Å². The number of anilines is 3. The van der Waals surface area contributed by atoms with Gasteiger partial charge in [-0.3, -0.25) is 0 Å². The molecule has 48 heavy (non-hydrogen) atoms. The molecule has 0 spiro atoms. The van der Waals surface area contributed by atoms with Crippen LogP contribution in [0.3, 0.4) is 0 Å². The third-order valence-electron chi connectivity index (χ3n) is 9.74. The molecule has 0 saturated heterocycles. The number of aromatic nitrogens is 1. The Balaban J connectivity index is 1.22. The summed E-state index contributed by atoms with van der Waals surface area (Å²) >= 11 is 0. The van der Waals surface area contributed by atoms with Crippen LogP contribution < -0.4 is 4.90 Å². The molecule has 9 rings (SSSR count). The number of fused-ring (bicyclic) bond motifs is 6. The van der Waals surface area contributed by atoms with Crippen molar-refractivity contribution in [1.82, 2.24) is 4.57 Å². The largest absolute Gasteiger partial charge is 0.341 e. The molecule has 0 aliphatic heterocycles. The zero-order chi connectivity index (χ0) is 32.0. The molecule has 0 fully saturated rings. The fourth-order valence-corrected chi connectivity index (χ4v) is 7.59. The minimum Gasteiger partial charge on any atom is -0.341 e. The molecule has 0 radical (unpaired) electrons. The highest BCUT2D eigenvalue weighted by atomic mass is 15.1. The van der Waals surface area contributed by atoms with Crippen LogP contribution in [0.25, 0.3) is 65.6 Å². The Hall–Kier alpha value is -6.12. The van der Waals surface area contributed by atoms with Crippen LogP contribution in [0, 0.1) is 0 Å². The van der Waals surface area contributed by atoms with Crippen LogP contribution in [0.5, 0.6) is 0 Å². The van der Waals surface area contributed by atoms with Gasteiger partial charge in [0.2, 0.25) is 0 Å². The van der Waals surface area contributed by atoms with Crippen LogP contribution in [0.1, 0.15) is 6.92 Å². The Kier molecular flexibility index (Phi) is 6.80. The second-order valence-corrected chi connectivity index (χ2v) is 12.4. The predicted molar refractivity (Wildman–Crippen MR) is 206 cm³/mol. The van der Waals surface area contributed by atoms with Crippen molar-refractivity contribution in [3.8, 4) is 22.3 Å². The van der Waals surface area contributed by atoms with E-state index in [9.17, 15) is 0 Å². The highest BCUT2D eigenvalue weighted by Crippen LogP contribution is 2.43. The zero-order valence-electron chi connectivity index (χ0n) is 26.8. The Morgan fingerprint density at radius 2 is 1.08 bits per heavy atom. The first-order valence-corrected chi connectivity index (χ1v) is 16.7. The monoisotopic (exact) mass is 614 g/mol. The van der Waals surface area contributed by atoms with Gasteiger partial charge in [-0.05, 0) is 93.7 Å². The smallest absolute Gasteiger partial charge is 0.0540 e. The summed E-state index contributed by atoms with van der Waals surface area (Å²) in [5.41, 5.74) is 10.8. The van der Waals surface area contributed by atoms with Crippen LogP contribution in [0.2, 0.25) is 0 Å². The Bertz CT molecular complexity index is 2610. The van der Waals surface area contributed by atoms with E-state index in [1.807, 2.05) is 0 Å². The van der Waals surface area contributed by atoms with Crippen LogP contribution in [-0.4, -0.2) is 4.57 Å². The van der Waals surface area contributed by atoms with E-state index in [1.165, 1.54) is 65.6 Å². The van der Waals surface area contributed by atoms with Gasteiger partial charge < -0.3 is 9.47 Å². The summed E-state index contributed by atoms with van der Waals surface area (Å²) in [7, 11) is 0. The minimum absolute atomic E-state index is 0.932. The van der Waals surface area contributed by atoms with E-state index in [1.54, 1.807) is 0 Å². The van der Waals surface area contributed by atoms with Crippen LogP contribution in [-0.2, 0) is 6.54 Å². The number of rotatable bonds is 6. The van der Waals surface area contributed by atoms with E-state index < -0.39 is 0 Å². The quantitative estimate of drug-likeness (QED) is 0.169. The van der Waals surface area contributed by atoms with Gasteiger partial charge in [-0.15, -0.1) is 0 Å². The molecule has 0 N–H and O–H groups in total. The lowest BCUT2D eigenvalue weighted by Gasteiger charge is -2.28. The number of benzene rings is 8. The van der Waals surface area contributed by atoms with Gasteiger partial charge in [0.25, 0.3) is 0 Å². The number of nitrogens with zero attached hydrogens (tertiary/aromatic N) is 2. The normalized spacial score (nSPS) is 11.5. The number of para-hydroxylation sites is 3. The molecule has 0 amide bonds. The Morgan fingerprint density at radius 3 is 1.96 bits per heavy atom. The van der Waals surface area contributed by atoms with Crippen LogP contribution in [0.4, 0.5) is 17.1 Å². The zero-order valence-corrected chi connectivity index (χ0v) is 26.8. The predicted octanol–water partition coefficient (Wildman–Crippen LogP) is 12.9. The van der Waals surface area contributed by atoms with Gasteiger partial charge in [0.15, 0.2) is 0 Å². The maximum Gasteiger partial charge on any atom is 0.0540 e. The maximum absolute atomic E-state index is 2.43. The lowest BCUT2D eigenvalue weighted by molar-refractivity contribution is 0.827. The first-order valence-electron chi connectivity index (χ1n) is 16.7. The Morgan fingerprint density at radius 1 is 0.438 bits per heavy atom. The third-order valence-corrected chi connectivity index (χ3v) is 9.74. The molecule has 0 atom stereocenters. The summed E-state index contributed by atoms with van der Waals surface area (Å²) < 4.78 is 2.43. The van der Waals surface area contributed by atoms with Gasteiger partial charge in [-0.1, -0.05) is 127 Å². The average Bonchev–Trinajstić information content (AvgIpc) is 3.49. The van der Waals surface area contributed by atoms with Crippen LogP contribution >= 0.6 is 0 Å². The summed E-state index contributed by atoms with van der Waals surface area (Å²) in [6, 6.07) is 64.1. The molecule has 0 saturated carbocycles. The molecule has 2 heteroatoms. The molecular weight excluding hydrogens is 581 g/mol. The third kappa shape index (κ3) is 4.57. The lowest BCUT2D eigenvalue weighted by atomic mass is 9.94. The van der Waals surface area contributed by atoms with Gasteiger partial charge >= 0.3 is 0 Å². The number of hydrogen-bond donors (Lipinski definition) is 0. The fraction of sp³-hybridized carbons (Fsp3) is 0.0435. The molecule has 2 nitrogen and oxygen atoms in total. The Labute approximate surface area is 280 Å². The minimum atomic E-state index is 0.932. The summed E-state index contributed by atoms with van der Waals surface area (Å²) in [5.74, 6) is 0. The van der Waals surface area contributed by atoms with Gasteiger partial charge in [-0.25, -0.2) is 0 Å². The van der Waals surface area contributed by atoms with E-state index in [4.69, 9.17) is 0 Å². The molecule has 1 heterocycles. The summed E-state index contributed by atoms with van der Waals surface area (Å²) in [5, 5.41) is 7.65.